The van der Waals surface area contributed by atoms with E-state index in [1.165, 1.54) is 25.6 Å². The fourth-order valence-electron chi connectivity index (χ4n) is 5.34. The fraction of sp³-hybridized carbons (Fsp3) is 0.435. The molecular formula is C23H24F3N6OP. The minimum atomic E-state index is -4.66. The Morgan fingerprint density at radius 2 is 2.06 bits per heavy atom. The number of aromatic amines is 1. The normalized spacial score (nSPS) is 22.6. The number of fused-ring (bicyclic) bond motifs is 2. The Hall–Kier alpha value is -2.89. The number of nitriles is 1. The van der Waals surface area contributed by atoms with Crippen LogP contribution >= 0.6 is 7.14 Å². The number of nitrogens with zero attached hydrogens (tertiary/aromatic N) is 3. The monoisotopic (exact) mass is 488 g/mol. The molecule has 1 saturated carbocycles. The second kappa shape index (κ2) is 8.10. The minimum Gasteiger partial charge on any atom is -0.360 e. The highest BCUT2D eigenvalue weighted by atomic mass is 31.2. The summed E-state index contributed by atoms with van der Waals surface area (Å²) in [7, 11) is -2.91. The highest BCUT2D eigenvalue weighted by Gasteiger charge is 2.39. The highest BCUT2D eigenvalue weighted by Crippen LogP contribution is 2.43. The van der Waals surface area contributed by atoms with Crippen molar-refractivity contribution in [3.63, 3.8) is 0 Å². The van der Waals surface area contributed by atoms with Crippen molar-refractivity contribution in [3.8, 4) is 17.3 Å². The molecule has 1 aromatic carbocycles. The average Bonchev–Trinajstić information content (AvgIpc) is 3.45. The van der Waals surface area contributed by atoms with E-state index in [-0.39, 0.29) is 28.8 Å². The van der Waals surface area contributed by atoms with Crippen molar-refractivity contribution < 1.29 is 17.7 Å². The summed E-state index contributed by atoms with van der Waals surface area (Å²) in [6.07, 6.45) is 0.477. The Balaban J connectivity index is 1.60. The van der Waals surface area contributed by atoms with Crippen LogP contribution in [0, 0.1) is 17.2 Å². The number of halogens is 3. The Labute approximate surface area is 194 Å². The topological polar surface area (TPSA) is 106 Å². The molecule has 5 rings (SSSR count). The van der Waals surface area contributed by atoms with Gasteiger partial charge in [0.2, 0.25) is 5.95 Å². The van der Waals surface area contributed by atoms with Crippen LogP contribution in [-0.2, 0) is 10.7 Å². The SMILES string of the molecule is CP(C)(=O)c1c(C#N)ccc2c(-c3nc(N[C@H]4CC5CCNC5C4)ncc3C(F)(F)F)c[nH]c12. The van der Waals surface area contributed by atoms with E-state index in [1.54, 1.807) is 6.07 Å². The average molecular weight is 488 g/mol. The van der Waals surface area contributed by atoms with Crippen LogP contribution in [0.15, 0.2) is 24.5 Å². The lowest BCUT2D eigenvalue weighted by Crippen LogP contribution is -2.25. The zero-order valence-electron chi connectivity index (χ0n) is 18.7. The van der Waals surface area contributed by atoms with Gasteiger partial charge in [-0.1, -0.05) is 6.07 Å². The van der Waals surface area contributed by atoms with Crippen molar-refractivity contribution in [2.24, 2.45) is 5.92 Å². The van der Waals surface area contributed by atoms with E-state index in [0.717, 1.165) is 32.0 Å². The molecule has 2 fully saturated rings. The van der Waals surface area contributed by atoms with Gasteiger partial charge in [-0.2, -0.15) is 18.4 Å². The number of nitrogens with one attached hydrogen (secondary N) is 3. The molecule has 3 aromatic rings. The van der Waals surface area contributed by atoms with Gasteiger partial charge in [0.15, 0.2) is 0 Å². The van der Waals surface area contributed by atoms with Crippen LogP contribution in [0.25, 0.3) is 22.2 Å². The summed E-state index contributed by atoms with van der Waals surface area (Å²) >= 11 is 0. The van der Waals surface area contributed by atoms with Gasteiger partial charge in [-0.15, -0.1) is 0 Å². The first-order valence-corrected chi connectivity index (χ1v) is 13.7. The van der Waals surface area contributed by atoms with Gasteiger partial charge < -0.3 is 20.2 Å². The summed E-state index contributed by atoms with van der Waals surface area (Å²) in [5.74, 6) is 0.708. The molecule has 0 bridgehead atoms. The lowest BCUT2D eigenvalue weighted by Gasteiger charge is -2.17. The van der Waals surface area contributed by atoms with Crippen LogP contribution in [0.3, 0.4) is 0 Å². The maximum Gasteiger partial charge on any atom is 0.419 e. The number of hydrogen-bond donors (Lipinski definition) is 3. The quantitative estimate of drug-likeness (QED) is 0.473. The molecule has 3 heterocycles. The van der Waals surface area contributed by atoms with Crippen LogP contribution in [0.2, 0.25) is 0 Å². The third kappa shape index (κ3) is 3.97. The van der Waals surface area contributed by atoms with Gasteiger partial charge in [0.1, 0.15) is 12.7 Å². The van der Waals surface area contributed by atoms with Crippen molar-refractivity contribution in [1.29, 1.82) is 5.26 Å². The first-order valence-electron chi connectivity index (χ1n) is 11.1. The lowest BCUT2D eigenvalue weighted by molar-refractivity contribution is -0.137. The van der Waals surface area contributed by atoms with Gasteiger partial charge in [-0.05, 0) is 51.1 Å². The molecule has 1 saturated heterocycles. The standard InChI is InChI=1S/C23H24F3N6OP/c1-34(2,33)21-13(9-27)3-4-15-16(10-29-20(15)21)19-17(23(24,25)26)11-30-22(32-19)31-14-7-12-5-6-28-18(12)8-14/h3-4,10-12,14,18,28-29H,5-8H2,1-2H3,(H,30,31,32)/t12?,14-,18?/m0/s1. The predicted molar refractivity (Wildman–Crippen MR) is 125 cm³/mol. The molecule has 0 spiro atoms. The Kier molecular flexibility index (Phi) is 5.45. The molecule has 0 radical (unpaired) electrons. The van der Waals surface area contributed by atoms with Gasteiger partial charge in [-0.25, -0.2) is 9.97 Å². The van der Waals surface area contributed by atoms with Crippen molar-refractivity contribution in [2.45, 2.75) is 37.5 Å². The maximum absolute atomic E-state index is 13.9. The summed E-state index contributed by atoms with van der Waals surface area (Å²) in [6, 6.07) is 5.60. The summed E-state index contributed by atoms with van der Waals surface area (Å²) in [4.78, 5) is 11.2. The summed E-state index contributed by atoms with van der Waals surface area (Å²) in [5, 5.41) is 16.9. The zero-order chi connectivity index (χ0) is 24.3. The predicted octanol–water partition coefficient (Wildman–Crippen LogP) is 4.32. The smallest absolute Gasteiger partial charge is 0.360 e. The van der Waals surface area contributed by atoms with Crippen LogP contribution in [0.1, 0.15) is 30.4 Å². The van der Waals surface area contributed by atoms with Crippen molar-refractivity contribution in [1.82, 2.24) is 20.3 Å². The molecule has 3 atom stereocenters. The van der Waals surface area contributed by atoms with Gasteiger partial charge in [0.25, 0.3) is 0 Å². The molecule has 1 aliphatic heterocycles. The summed E-state index contributed by atoms with van der Waals surface area (Å²) in [5.41, 5.74) is -0.373. The van der Waals surface area contributed by atoms with Gasteiger partial charge in [0, 0.05) is 35.4 Å². The number of rotatable bonds is 4. The zero-order valence-corrected chi connectivity index (χ0v) is 19.6. The summed E-state index contributed by atoms with van der Waals surface area (Å²) < 4.78 is 54.7. The third-order valence-corrected chi connectivity index (χ3v) is 8.33. The first kappa shape index (κ1) is 22.9. The van der Waals surface area contributed by atoms with E-state index >= 15 is 0 Å². The second-order valence-corrected chi connectivity index (χ2v) is 12.6. The number of anilines is 1. The minimum absolute atomic E-state index is 0.0891. The molecule has 2 aliphatic rings. The van der Waals surface area contributed by atoms with Crippen LogP contribution in [-0.4, -0.2) is 46.9 Å². The fourth-order valence-corrected chi connectivity index (χ4v) is 6.77. The van der Waals surface area contributed by atoms with E-state index in [9.17, 15) is 23.0 Å². The van der Waals surface area contributed by atoms with Crippen molar-refractivity contribution in [3.05, 3.63) is 35.7 Å². The van der Waals surface area contributed by atoms with Crippen LogP contribution < -0.4 is 15.9 Å². The molecule has 34 heavy (non-hydrogen) atoms. The summed E-state index contributed by atoms with van der Waals surface area (Å²) in [6.45, 7) is 4.06. The van der Waals surface area contributed by atoms with E-state index in [0.29, 0.717) is 28.2 Å². The molecule has 2 unspecified atom stereocenters. The molecule has 11 heteroatoms. The molecule has 1 aliphatic carbocycles. The van der Waals surface area contributed by atoms with Crippen LogP contribution in [0.4, 0.5) is 19.1 Å². The molecule has 0 amide bonds. The maximum atomic E-state index is 13.9. The van der Waals surface area contributed by atoms with E-state index < -0.39 is 18.9 Å². The Morgan fingerprint density at radius 1 is 1.26 bits per heavy atom. The van der Waals surface area contributed by atoms with E-state index in [2.05, 4.69) is 25.6 Å². The number of alkyl halides is 3. The molecule has 2 aromatic heterocycles. The molecule has 7 nitrogen and oxygen atoms in total. The van der Waals surface area contributed by atoms with Gasteiger partial charge >= 0.3 is 6.18 Å². The third-order valence-electron chi connectivity index (χ3n) is 6.79. The molecule has 3 N–H and O–H groups in total. The molecular weight excluding hydrogens is 464 g/mol. The van der Waals surface area contributed by atoms with Crippen molar-refractivity contribution >= 4 is 29.3 Å². The Bertz CT molecular complexity index is 1340. The number of aromatic nitrogens is 3. The largest absolute Gasteiger partial charge is 0.419 e. The highest BCUT2D eigenvalue weighted by molar-refractivity contribution is 7.70. The Morgan fingerprint density at radius 3 is 2.74 bits per heavy atom. The second-order valence-electron chi connectivity index (χ2n) is 9.42. The number of H-pyrrole nitrogens is 1. The van der Waals surface area contributed by atoms with Crippen molar-refractivity contribution in [2.75, 3.05) is 25.2 Å². The van der Waals surface area contributed by atoms with E-state index in [4.69, 9.17) is 0 Å². The lowest BCUT2D eigenvalue weighted by atomic mass is 10.0. The van der Waals surface area contributed by atoms with Gasteiger partial charge in [-0.3, -0.25) is 0 Å². The molecule has 178 valence electrons. The van der Waals surface area contributed by atoms with E-state index in [1.807, 2.05) is 6.07 Å². The van der Waals surface area contributed by atoms with Gasteiger partial charge in [0.05, 0.1) is 28.1 Å². The first-order chi connectivity index (χ1) is 16.1. The number of hydrogen-bond acceptors (Lipinski definition) is 6. The van der Waals surface area contributed by atoms with Crippen LogP contribution in [0.5, 0.6) is 0 Å². The number of benzene rings is 1.